The Morgan fingerprint density at radius 1 is 0.920 bits per heavy atom. The van der Waals surface area contributed by atoms with Gasteiger partial charge in [0, 0.05) is 17.0 Å². The van der Waals surface area contributed by atoms with Crippen molar-refractivity contribution in [3.63, 3.8) is 0 Å². The Kier molecular flexibility index (Phi) is 4.43. The van der Waals surface area contributed by atoms with Crippen molar-refractivity contribution in [3.05, 3.63) is 47.1 Å². The second-order valence-electron chi connectivity index (χ2n) is 5.14. The van der Waals surface area contributed by atoms with E-state index in [2.05, 4.69) is 9.97 Å². The maximum absolute atomic E-state index is 12.7. The van der Waals surface area contributed by atoms with Gasteiger partial charge < -0.3 is 9.47 Å². The summed E-state index contributed by atoms with van der Waals surface area (Å²) in [4.78, 5) is 8.54. The average molecular weight is 369 g/mol. The molecule has 4 nitrogen and oxygen atoms in total. The Labute approximate surface area is 146 Å². The highest BCUT2D eigenvalue weighted by Crippen LogP contribution is 2.35. The van der Waals surface area contributed by atoms with E-state index in [1.54, 1.807) is 12.1 Å². The third-order valence-corrected chi connectivity index (χ3v) is 3.91. The number of ether oxygens (including phenoxy) is 2. The molecule has 2 aromatic carbocycles. The third-order valence-electron chi connectivity index (χ3n) is 3.62. The van der Waals surface area contributed by atoms with Gasteiger partial charge in [-0.1, -0.05) is 23.7 Å². The Hall–Kier alpha value is -2.54. The first kappa shape index (κ1) is 17.3. The van der Waals surface area contributed by atoms with Crippen LogP contribution in [-0.4, -0.2) is 24.2 Å². The van der Waals surface area contributed by atoms with Crippen LogP contribution in [0.5, 0.6) is 11.5 Å². The average Bonchev–Trinajstić information content (AvgIpc) is 2.60. The molecule has 0 saturated carbocycles. The fourth-order valence-electron chi connectivity index (χ4n) is 2.36. The van der Waals surface area contributed by atoms with E-state index in [9.17, 15) is 13.2 Å². The van der Waals surface area contributed by atoms with Crippen LogP contribution in [0.15, 0.2) is 36.4 Å². The Bertz CT molecular complexity index is 928. The van der Waals surface area contributed by atoms with Gasteiger partial charge in [-0.15, -0.1) is 0 Å². The van der Waals surface area contributed by atoms with Crippen LogP contribution in [0.2, 0.25) is 5.15 Å². The maximum Gasteiger partial charge on any atom is 0.416 e. The molecule has 0 amide bonds. The molecule has 1 heterocycles. The zero-order chi connectivity index (χ0) is 18.2. The Morgan fingerprint density at radius 3 is 2.08 bits per heavy atom. The Balaban J connectivity index is 2.11. The van der Waals surface area contributed by atoms with Gasteiger partial charge in [0.1, 0.15) is 5.15 Å². The first-order chi connectivity index (χ1) is 11.8. The molecule has 1 aromatic heterocycles. The van der Waals surface area contributed by atoms with Crippen LogP contribution in [0.4, 0.5) is 13.2 Å². The summed E-state index contributed by atoms with van der Waals surface area (Å²) in [6.07, 6.45) is -4.40. The number of alkyl halides is 3. The zero-order valence-corrected chi connectivity index (χ0v) is 13.9. The van der Waals surface area contributed by atoms with Gasteiger partial charge in [-0.05, 0) is 18.2 Å². The smallest absolute Gasteiger partial charge is 0.416 e. The highest BCUT2D eigenvalue weighted by Gasteiger charge is 2.30. The molecule has 0 radical (unpaired) electrons. The van der Waals surface area contributed by atoms with Crippen LogP contribution in [-0.2, 0) is 6.18 Å². The molecule has 0 unspecified atom stereocenters. The van der Waals surface area contributed by atoms with E-state index < -0.39 is 11.7 Å². The number of hydrogen-bond acceptors (Lipinski definition) is 4. The van der Waals surface area contributed by atoms with Crippen LogP contribution >= 0.6 is 11.6 Å². The van der Waals surface area contributed by atoms with Gasteiger partial charge >= 0.3 is 6.18 Å². The second-order valence-corrected chi connectivity index (χ2v) is 5.50. The summed E-state index contributed by atoms with van der Waals surface area (Å²) in [6, 6.07) is 7.85. The molecule has 0 atom stereocenters. The summed E-state index contributed by atoms with van der Waals surface area (Å²) >= 11 is 6.21. The summed E-state index contributed by atoms with van der Waals surface area (Å²) in [5.41, 5.74) is 0.175. The van der Waals surface area contributed by atoms with E-state index in [0.29, 0.717) is 28.0 Å². The monoisotopic (exact) mass is 368 g/mol. The SMILES string of the molecule is COc1cc2nc(-c3ccc(C(F)(F)F)cc3)nc(Cl)c2cc1OC. The van der Waals surface area contributed by atoms with Gasteiger partial charge in [0.2, 0.25) is 0 Å². The zero-order valence-electron chi connectivity index (χ0n) is 13.2. The molecular weight excluding hydrogens is 357 g/mol. The van der Waals surface area contributed by atoms with Gasteiger partial charge in [0.25, 0.3) is 0 Å². The molecule has 8 heteroatoms. The van der Waals surface area contributed by atoms with E-state index in [1.807, 2.05) is 0 Å². The third kappa shape index (κ3) is 3.32. The molecule has 0 bridgehead atoms. The van der Waals surface area contributed by atoms with E-state index in [-0.39, 0.29) is 11.0 Å². The first-order valence-corrected chi connectivity index (χ1v) is 7.48. The van der Waals surface area contributed by atoms with Gasteiger partial charge in [0.05, 0.1) is 25.3 Å². The molecular formula is C17H12ClF3N2O2. The predicted molar refractivity (Wildman–Crippen MR) is 88.1 cm³/mol. The maximum atomic E-state index is 12.7. The minimum Gasteiger partial charge on any atom is -0.493 e. The van der Waals surface area contributed by atoms with E-state index >= 15 is 0 Å². The molecule has 0 aliphatic carbocycles. The summed E-state index contributed by atoms with van der Waals surface area (Å²) < 4.78 is 48.5. The van der Waals surface area contributed by atoms with Gasteiger partial charge in [0.15, 0.2) is 17.3 Å². The van der Waals surface area contributed by atoms with Crippen LogP contribution in [0.1, 0.15) is 5.56 Å². The molecule has 0 aliphatic rings. The molecule has 0 aliphatic heterocycles. The predicted octanol–water partition coefficient (Wildman–Crippen LogP) is 4.99. The molecule has 0 N–H and O–H groups in total. The van der Waals surface area contributed by atoms with Crippen molar-refractivity contribution in [2.45, 2.75) is 6.18 Å². The number of nitrogens with zero attached hydrogens (tertiary/aromatic N) is 2. The molecule has 0 spiro atoms. The topological polar surface area (TPSA) is 44.2 Å². The molecule has 0 saturated heterocycles. The molecule has 3 aromatic rings. The number of hydrogen-bond donors (Lipinski definition) is 0. The lowest BCUT2D eigenvalue weighted by Gasteiger charge is -2.11. The fraction of sp³-hybridized carbons (Fsp3) is 0.176. The van der Waals surface area contributed by atoms with E-state index in [0.717, 1.165) is 12.1 Å². The minimum absolute atomic E-state index is 0.167. The number of benzene rings is 2. The van der Waals surface area contributed by atoms with E-state index in [4.69, 9.17) is 21.1 Å². The van der Waals surface area contributed by atoms with Crippen molar-refractivity contribution < 1.29 is 22.6 Å². The molecule has 3 rings (SSSR count). The number of rotatable bonds is 3. The largest absolute Gasteiger partial charge is 0.493 e. The quantitative estimate of drug-likeness (QED) is 0.611. The lowest BCUT2D eigenvalue weighted by atomic mass is 10.1. The molecule has 0 fully saturated rings. The molecule has 130 valence electrons. The van der Waals surface area contributed by atoms with Gasteiger partial charge in [-0.3, -0.25) is 0 Å². The van der Waals surface area contributed by atoms with Gasteiger partial charge in [-0.25, -0.2) is 9.97 Å². The number of methoxy groups -OCH3 is 2. The standard InChI is InChI=1S/C17H12ClF3N2O2/c1-24-13-7-11-12(8-14(13)25-2)22-16(23-15(11)18)9-3-5-10(6-4-9)17(19,20)21/h3-8H,1-2H3. The fourth-order valence-corrected chi connectivity index (χ4v) is 2.59. The lowest BCUT2D eigenvalue weighted by Crippen LogP contribution is -2.04. The first-order valence-electron chi connectivity index (χ1n) is 7.10. The van der Waals surface area contributed by atoms with E-state index in [1.165, 1.54) is 26.4 Å². The van der Waals surface area contributed by atoms with Gasteiger partial charge in [-0.2, -0.15) is 13.2 Å². The second kappa shape index (κ2) is 6.40. The number of fused-ring (bicyclic) bond motifs is 1. The van der Waals surface area contributed by atoms with Crippen LogP contribution in [0.25, 0.3) is 22.3 Å². The lowest BCUT2D eigenvalue weighted by molar-refractivity contribution is -0.137. The van der Waals surface area contributed by atoms with Crippen LogP contribution < -0.4 is 9.47 Å². The number of halogens is 4. The summed E-state index contributed by atoms with van der Waals surface area (Å²) in [5.74, 6) is 1.16. The van der Waals surface area contributed by atoms with Crippen molar-refractivity contribution in [3.8, 4) is 22.9 Å². The summed E-state index contributed by atoms with van der Waals surface area (Å²) in [6.45, 7) is 0. The van der Waals surface area contributed by atoms with Crippen molar-refractivity contribution >= 4 is 22.5 Å². The molecule has 25 heavy (non-hydrogen) atoms. The minimum atomic E-state index is -4.40. The highest BCUT2D eigenvalue weighted by atomic mass is 35.5. The van der Waals surface area contributed by atoms with Crippen LogP contribution in [0.3, 0.4) is 0 Å². The number of aromatic nitrogens is 2. The highest BCUT2D eigenvalue weighted by molar-refractivity contribution is 6.34. The summed E-state index contributed by atoms with van der Waals surface area (Å²) in [7, 11) is 2.98. The van der Waals surface area contributed by atoms with Crippen molar-refractivity contribution in [2.24, 2.45) is 0 Å². The van der Waals surface area contributed by atoms with Crippen molar-refractivity contribution in [1.29, 1.82) is 0 Å². The van der Waals surface area contributed by atoms with Crippen molar-refractivity contribution in [1.82, 2.24) is 9.97 Å². The van der Waals surface area contributed by atoms with Crippen molar-refractivity contribution in [2.75, 3.05) is 14.2 Å². The normalized spacial score (nSPS) is 11.6. The Morgan fingerprint density at radius 2 is 1.52 bits per heavy atom. The van der Waals surface area contributed by atoms with Crippen LogP contribution in [0, 0.1) is 0 Å². The summed E-state index contributed by atoms with van der Waals surface area (Å²) in [5, 5.41) is 0.718.